The van der Waals surface area contributed by atoms with Gasteiger partial charge in [-0.15, -0.1) is 0 Å². The van der Waals surface area contributed by atoms with Gasteiger partial charge in [0.1, 0.15) is 0 Å². The van der Waals surface area contributed by atoms with Gasteiger partial charge in [-0.25, -0.2) is 4.79 Å². The van der Waals surface area contributed by atoms with Crippen molar-refractivity contribution < 1.29 is 19.5 Å². The van der Waals surface area contributed by atoms with E-state index in [-0.39, 0.29) is 12.8 Å². The van der Waals surface area contributed by atoms with Crippen LogP contribution in [0.1, 0.15) is 24.3 Å². The average Bonchev–Trinajstić information content (AvgIpc) is 2.27. The second-order valence-corrected chi connectivity index (χ2v) is 4.40. The number of amides is 3. The molecule has 0 aliphatic rings. The summed E-state index contributed by atoms with van der Waals surface area (Å²) < 4.78 is 0. The van der Waals surface area contributed by atoms with Gasteiger partial charge in [-0.05, 0) is 17.7 Å². The molecule has 4 N–H and O–H groups in total. The van der Waals surface area contributed by atoms with E-state index in [2.05, 4.69) is 0 Å². The van der Waals surface area contributed by atoms with E-state index < -0.39 is 23.8 Å². The first-order chi connectivity index (χ1) is 8.88. The highest BCUT2D eigenvalue weighted by Gasteiger charge is 2.20. The van der Waals surface area contributed by atoms with Crippen LogP contribution < -0.4 is 11.1 Å². The fraction of sp³-hybridized carbons (Fsp3) is 0.250. The molecule has 102 valence electrons. The Bertz CT molecular complexity index is 487. The van der Waals surface area contributed by atoms with Crippen LogP contribution in [0.3, 0.4) is 0 Å². The predicted molar refractivity (Wildman–Crippen MR) is 68.8 cm³/mol. The lowest BCUT2D eigenvalue weighted by atomic mass is 9.92. The number of carbonyl (C=O) groups is 3. The Hall–Kier alpha value is -2.08. The minimum atomic E-state index is -1.04. The molecule has 0 aromatic heterocycles. The molecule has 0 spiro atoms. The van der Waals surface area contributed by atoms with Crippen molar-refractivity contribution in [2.45, 2.75) is 18.8 Å². The van der Waals surface area contributed by atoms with Crippen LogP contribution in [0.2, 0.25) is 5.02 Å². The van der Waals surface area contributed by atoms with E-state index >= 15 is 0 Å². The van der Waals surface area contributed by atoms with E-state index in [1.54, 1.807) is 24.3 Å². The highest BCUT2D eigenvalue weighted by atomic mass is 35.5. The van der Waals surface area contributed by atoms with Crippen molar-refractivity contribution in [2.75, 3.05) is 0 Å². The van der Waals surface area contributed by atoms with Crippen molar-refractivity contribution in [3.63, 3.8) is 0 Å². The molecule has 0 aliphatic heterocycles. The molecule has 6 nitrogen and oxygen atoms in total. The Morgan fingerprint density at radius 1 is 1.21 bits per heavy atom. The van der Waals surface area contributed by atoms with Gasteiger partial charge in [-0.2, -0.15) is 0 Å². The summed E-state index contributed by atoms with van der Waals surface area (Å²) in [4.78, 5) is 32.8. The van der Waals surface area contributed by atoms with Crippen molar-refractivity contribution in [2.24, 2.45) is 5.73 Å². The summed E-state index contributed by atoms with van der Waals surface area (Å²) in [5.41, 5.74) is 5.48. The third-order valence-corrected chi connectivity index (χ3v) is 2.71. The van der Waals surface area contributed by atoms with Gasteiger partial charge in [0.05, 0.1) is 6.42 Å². The zero-order valence-corrected chi connectivity index (χ0v) is 10.7. The molecule has 0 bridgehead atoms. The molecule has 0 aliphatic carbocycles. The highest BCUT2D eigenvalue weighted by Crippen LogP contribution is 2.25. The molecule has 7 heteroatoms. The van der Waals surface area contributed by atoms with E-state index in [1.165, 1.54) is 0 Å². The molecule has 0 radical (unpaired) electrons. The number of imide groups is 1. The second-order valence-electron chi connectivity index (χ2n) is 3.96. The molecule has 0 fully saturated rings. The first kappa shape index (κ1) is 15.0. The molecular weight excluding hydrogens is 272 g/mol. The van der Waals surface area contributed by atoms with Gasteiger partial charge >= 0.3 is 12.0 Å². The van der Waals surface area contributed by atoms with Crippen molar-refractivity contribution >= 4 is 29.5 Å². The Labute approximate surface area is 114 Å². The number of carboxylic acid groups (broad SMARTS) is 1. The quantitative estimate of drug-likeness (QED) is 0.760. The SMILES string of the molecule is NC(=O)NC(=O)CC(CC(=O)O)c1ccc(Cl)cc1. The van der Waals surface area contributed by atoms with Gasteiger partial charge in [0.2, 0.25) is 5.91 Å². The summed E-state index contributed by atoms with van der Waals surface area (Å²) in [6.45, 7) is 0. The number of nitrogens with two attached hydrogens (primary N) is 1. The van der Waals surface area contributed by atoms with Crippen molar-refractivity contribution in [1.29, 1.82) is 0 Å². The molecule has 1 rings (SSSR count). The third kappa shape index (κ3) is 5.39. The summed E-state index contributed by atoms with van der Waals surface area (Å²) in [5, 5.41) is 11.3. The molecule has 0 heterocycles. The monoisotopic (exact) mass is 284 g/mol. The van der Waals surface area contributed by atoms with Crippen LogP contribution in [0.15, 0.2) is 24.3 Å². The Balaban J connectivity index is 2.82. The Morgan fingerprint density at radius 3 is 2.26 bits per heavy atom. The molecule has 1 atom stereocenters. The zero-order chi connectivity index (χ0) is 14.4. The summed E-state index contributed by atoms with van der Waals surface area (Å²) in [6.07, 6.45) is -0.370. The number of benzene rings is 1. The molecule has 0 saturated carbocycles. The van der Waals surface area contributed by atoms with E-state index in [1.807, 2.05) is 5.32 Å². The summed E-state index contributed by atoms with van der Waals surface area (Å²) in [7, 11) is 0. The molecule has 19 heavy (non-hydrogen) atoms. The summed E-state index contributed by atoms with van der Waals surface area (Å²) in [6, 6.07) is 5.55. The number of urea groups is 1. The number of nitrogens with one attached hydrogen (secondary N) is 1. The van der Waals surface area contributed by atoms with E-state index in [4.69, 9.17) is 22.4 Å². The zero-order valence-electron chi connectivity index (χ0n) is 9.93. The lowest BCUT2D eigenvalue weighted by Crippen LogP contribution is -2.35. The molecular formula is C12H13ClN2O4. The summed E-state index contributed by atoms with van der Waals surface area (Å²) in [5.74, 6) is -2.20. The number of primary amides is 1. The predicted octanol–water partition coefficient (Wildman–Crippen LogP) is 1.48. The Morgan fingerprint density at radius 2 is 1.79 bits per heavy atom. The minimum Gasteiger partial charge on any atom is -0.481 e. The van der Waals surface area contributed by atoms with Gasteiger partial charge in [-0.1, -0.05) is 23.7 Å². The lowest BCUT2D eigenvalue weighted by Gasteiger charge is -2.14. The van der Waals surface area contributed by atoms with Gasteiger partial charge in [0, 0.05) is 17.4 Å². The van der Waals surface area contributed by atoms with Crippen molar-refractivity contribution in [1.82, 2.24) is 5.32 Å². The molecule has 3 amide bonds. The number of hydrogen-bond donors (Lipinski definition) is 3. The number of carboxylic acids is 1. The fourth-order valence-corrected chi connectivity index (χ4v) is 1.79. The minimum absolute atomic E-state index is 0.142. The number of halogens is 1. The van der Waals surface area contributed by atoms with Crippen LogP contribution in [-0.4, -0.2) is 23.0 Å². The smallest absolute Gasteiger partial charge is 0.318 e. The Kier molecular flexibility index (Phi) is 5.32. The standard InChI is InChI=1S/C12H13ClN2O4/c13-9-3-1-7(2-4-9)8(6-11(17)18)5-10(16)15-12(14)19/h1-4,8H,5-6H2,(H,17,18)(H3,14,15,16,19). The topological polar surface area (TPSA) is 109 Å². The van der Waals surface area contributed by atoms with Crippen LogP contribution in [0, 0.1) is 0 Å². The normalized spacial score (nSPS) is 11.6. The molecule has 1 aromatic rings. The number of aliphatic carboxylic acids is 1. The largest absolute Gasteiger partial charge is 0.481 e. The average molecular weight is 285 g/mol. The molecule has 1 unspecified atom stereocenters. The van der Waals surface area contributed by atoms with Crippen molar-refractivity contribution in [3.8, 4) is 0 Å². The van der Waals surface area contributed by atoms with Crippen LogP contribution >= 0.6 is 11.6 Å². The number of carbonyl (C=O) groups excluding carboxylic acids is 2. The van der Waals surface area contributed by atoms with Crippen LogP contribution in [0.5, 0.6) is 0 Å². The van der Waals surface area contributed by atoms with Crippen LogP contribution in [-0.2, 0) is 9.59 Å². The van der Waals surface area contributed by atoms with Gasteiger partial charge in [0.15, 0.2) is 0 Å². The van der Waals surface area contributed by atoms with Gasteiger partial charge in [0.25, 0.3) is 0 Å². The molecule has 1 aromatic carbocycles. The second kappa shape index (κ2) is 6.75. The van der Waals surface area contributed by atoms with E-state index in [0.717, 1.165) is 0 Å². The number of rotatable bonds is 5. The van der Waals surface area contributed by atoms with Gasteiger partial charge < -0.3 is 10.8 Å². The maximum absolute atomic E-state index is 11.5. The summed E-state index contributed by atoms with van der Waals surface area (Å²) >= 11 is 5.74. The maximum Gasteiger partial charge on any atom is 0.318 e. The van der Waals surface area contributed by atoms with Gasteiger partial charge in [-0.3, -0.25) is 14.9 Å². The number of hydrogen-bond acceptors (Lipinski definition) is 3. The van der Waals surface area contributed by atoms with E-state index in [9.17, 15) is 14.4 Å². The fourth-order valence-electron chi connectivity index (χ4n) is 1.67. The lowest BCUT2D eigenvalue weighted by molar-refractivity contribution is -0.137. The maximum atomic E-state index is 11.5. The van der Waals surface area contributed by atoms with Crippen LogP contribution in [0.25, 0.3) is 0 Å². The van der Waals surface area contributed by atoms with Crippen molar-refractivity contribution in [3.05, 3.63) is 34.9 Å². The first-order valence-electron chi connectivity index (χ1n) is 5.45. The first-order valence-corrected chi connectivity index (χ1v) is 5.83. The van der Waals surface area contributed by atoms with E-state index in [0.29, 0.717) is 10.6 Å². The molecule has 0 saturated heterocycles. The highest BCUT2D eigenvalue weighted by molar-refractivity contribution is 6.30. The third-order valence-electron chi connectivity index (χ3n) is 2.46. The van der Waals surface area contributed by atoms with Crippen LogP contribution in [0.4, 0.5) is 4.79 Å².